The lowest BCUT2D eigenvalue weighted by atomic mass is 10.2. The van der Waals surface area contributed by atoms with E-state index in [-0.39, 0.29) is 0 Å². The van der Waals surface area contributed by atoms with Crippen molar-refractivity contribution < 1.29 is 9.25 Å². The summed E-state index contributed by atoms with van der Waals surface area (Å²) in [7, 11) is 0. The quantitative estimate of drug-likeness (QED) is 0.464. The average molecular weight is 190 g/mol. The van der Waals surface area contributed by atoms with Crippen LogP contribution in [0.5, 0.6) is 0 Å². The normalized spacial score (nSPS) is 14.9. The maximum atomic E-state index is 11.9. The van der Waals surface area contributed by atoms with Gasteiger partial charge in [-0.3, -0.25) is 0 Å². The van der Waals surface area contributed by atoms with Crippen molar-refractivity contribution in [3.05, 3.63) is 28.2 Å². The van der Waals surface area contributed by atoms with Crippen LogP contribution < -0.4 is 4.73 Å². The third-order valence-corrected chi connectivity index (χ3v) is 2.84. The van der Waals surface area contributed by atoms with Gasteiger partial charge in [0.2, 0.25) is 5.58 Å². The summed E-state index contributed by atoms with van der Waals surface area (Å²) < 4.78 is 6.07. The number of rotatable bonds is 0. The summed E-state index contributed by atoms with van der Waals surface area (Å²) >= 11 is 0. The minimum absolute atomic E-state index is 0.589. The van der Waals surface area contributed by atoms with E-state index in [9.17, 15) is 5.21 Å². The number of hydrogen-bond donors (Lipinski definition) is 0. The van der Waals surface area contributed by atoms with Crippen molar-refractivity contribution in [1.29, 1.82) is 0 Å². The molecule has 4 heteroatoms. The number of hydrogen-bond acceptors (Lipinski definition) is 3. The molecular weight excluding hydrogens is 180 g/mol. The molecule has 0 fully saturated rings. The molecule has 1 aliphatic rings. The van der Waals surface area contributed by atoms with Gasteiger partial charge in [0.1, 0.15) is 0 Å². The van der Waals surface area contributed by atoms with Crippen LogP contribution in [0.15, 0.2) is 10.6 Å². The Balaban J connectivity index is 2.46. The second-order valence-electron chi connectivity index (χ2n) is 3.75. The fourth-order valence-electron chi connectivity index (χ4n) is 2.16. The number of nitrogens with zero attached hydrogens (tertiary/aromatic N) is 2. The van der Waals surface area contributed by atoms with E-state index < -0.39 is 0 Å². The van der Waals surface area contributed by atoms with Crippen LogP contribution in [-0.2, 0) is 12.8 Å². The van der Waals surface area contributed by atoms with Gasteiger partial charge in [-0.1, -0.05) is 5.16 Å². The molecular formula is C10H10N2O2. The number of aryl methyl sites for hydroxylation is 2. The highest BCUT2D eigenvalue weighted by Gasteiger charge is 2.25. The maximum absolute atomic E-state index is 11.9. The van der Waals surface area contributed by atoms with Crippen LogP contribution in [0, 0.1) is 12.1 Å². The van der Waals surface area contributed by atoms with Gasteiger partial charge in [-0.2, -0.15) is 4.73 Å². The Bertz CT molecular complexity index is 516. The number of fused-ring (bicyclic) bond motifs is 2. The zero-order valence-electron chi connectivity index (χ0n) is 7.91. The molecule has 0 amide bonds. The predicted octanol–water partition coefficient (Wildman–Crippen LogP) is 1.26. The Morgan fingerprint density at radius 3 is 3.21 bits per heavy atom. The van der Waals surface area contributed by atoms with E-state index in [2.05, 4.69) is 5.16 Å². The SMILES string of the molecule is Cc1noc2cc3c([n+]([O-])c12)CCC3. The molecule has 1 aliphatic carbocycles. The minimum Gasteiger partial charge on any atom is -0.618 e. The molecule has 0 bridgehead atoms. The summed E-state index contributed by atoms with van der Waals surface area (Å²) in [6.45, 7) is 1.79. The van der Waals surface area contributed by atoms with E-state index in [1.807, 2.05) is 6.07 Å². The zero-order chi connectivity index (χ0) is 9.71. The van der Waals surface area contributed by atoms with E-state index in [4.69, 9.17) is 4.52 Å². The van der Waals surface area contributed by atoms with E-state index >= 15 is 0 Å². The fourth-order valence-corrected chi connectivity index (χ4v) is 2.16. The van der Waals surface area contributed by atoms with E-state index in [0.717, 1.165) is 35.3 Å². The second-order valence-corrected chi connectivity index (χ2v) is 3.75. The van der Waals surface area contributed by atoms with Crippen molar-refractivity contribution in [3.63, 3.8) is 0 Å². The zero-order valence-corrected chi connectivity index (χ0v) is 7.91. The molecule has 14 heavy (non-hydrogen) atoms. The highest BCUT2D eigenvalue weighted by atomic mass is 16.5. The molecule has 0 saturated carbocycles. The number of aromatic nitrogens is 2. The highest BCUT2D eigenvalue weighted by Crippen LogP contribution is 2.24. The minimum atomic E-state index is 0.589. The van der Waals surface area contributed by atoms with Crippen LogP contribution in [0.2, 0.25) is 0 Å². The molecule has 2 aromatic rings. The van der Waals surface area contributed by atoms with Gasteiger partial charge in [0.05, 0.1) is 0 Å². The lowest BCUT2D eigenvalue weighted by molar-refractivity contribution is -0.586. The summed E-state index contributed by atoms with van der Waals surface area (Å²) in [6, 6.07) is 1.95. The van der Waals surface area contributed by atoms with Crippen molar-refractivity contribution in [3.8, 4) is 0 Å². The molecule has 0 saturated heterocycles. The van der Waals surface area contributed by atoms with Gasteiger partial charge in [0, 0.05) is 18.1 Å². The van der Waals surface area contributed by atoms with Crippen molar-refractivity contribution in [2.24, 2.45) is 0 Å². The molecule has 3 rings (SSSR count). The van der Waals surface area contributed by atoms with Crippen LogP contribution in [0.3, 0.4) is 0 Å². The molecule has 2 heterocycles. The molecule has 0 aromatic carbocycles. The summed E-state index contributed by atoms with van der Waals surface area (Å²) in [5.41, 5.74) is 3.88. The Hall–Kier alpha value is -1.58. The van der Waals surface area contributed by atoms with Crippen LogP contribution in [-0.4, -0.2) is 5.16 Å². The molecule has 0 atom stereocenters. The second kappa shape index (κ2) is 2.47. The van der Waals surface area contributed by atoms with Gasteiger partial charge in [0.25, 0.3) is 5.52 Å². The van der Waals surface area contributed by atoms with Gasteiger partial charge in [-0.05, 0) is 19.8 Å². The average Bonchev–Trinajstić information content (AvgIpc) is 2.74. The van der Waals surface area contributed by atoms with Gasteiger partial charge in [-0.15, -0.1) is 0 Å². The van der Waals surface area contributed by atoms with E-state index in [0.29, 0.717) is 16.8 Å². The first kappa shape index (κ1) is 7.79. The van der Waals surface area contributed by atoms with Crippen molar-refractivity contribution in [2.75, 3.05) is 0 Å². The Labute approximate surface area is 80.7 Å². The van der Waals surface area contributed by atoms with Gasteiger partial charge in [0.15, 0.2) is 11.4 Å². The summed E-state index contributed by atoms with van der Waals surface area (Å²) in [6.07, 6.45) is 2.92. The molecule has 0 N–H and O–H groups in total. The van der Waals surface area contributed by atoms with E-state index in [1.165, 1.54) is 0 Å². The van der Waals surface area contributed by atoms with Gasteiger partial charge in [-0.25, -0.2) is 0 Å². The Morgan fingerprint density at radius 1 is 1.50 bits per heavy atom. The Morgan fingerprint density at radius 2 is 2.36 bits per heavy atom. The van der Waals surface area contributed by atoms with Crippen molar-refractivity contribution in [2.45, 2.75) is 26.2 Å². The monoisotopic (exact) mass is 190 g/mol. The van der Waals surface area contributed by atoms with Crippen LogP contribution in [0.1, 0.15) is 23.4 Å². The standard InChI is InChI=1S/C10H10N2O2/c1-6-10-9(14-11-6)5-7-3-2-4-8(7)12(10)13/h5H,2-4H2,1H3. The third kappa shape index (κ3) is 0.828. The van der Waals surface area contributed by atoms with Crippen molar-refractivity contribution in [1.82, 2.24) is 5.16 Å². The topological polar surface area (TPSA) is 53.0 Å². The predicted molar refractivity (Wildman–Crippen MR) is 49.7 cm³/mol. The molecule has 0 unspecified atom stereocenters. The summed E-state index contributed by atoms with van der Waals surface area (Å²) in [5, 5.41) is 15.7. The van der Waals surface area contributed by atoms with Crippen molar-refractivity contribution >= 4 is 11.1 Å². The van der Waals surface area contributed by atoms with Crippen LogP contribution >= 0.6 is 0 Å². The first-order chi connectivity index (χ1) is 6.77. The fraction of sp³-hybridized carbons (Fsp3) is 0.400. The van der Waals surface area contributed by atoms with Gasteiger partial charge < -0.3 is 9.73 Å². The molecule has 0 aliphatic heterocycles. The lowest BCUT2D eigenvalue weighted by Crippen LogP contribution is -2.32. The highest BCUT2D eigenvalue weighted by molar-refractivity contribution is 5.72. The summed E-state index contributed by atoms with van der Waals surface area (Å²) in [5.74, 6) is 0. The first-order valence-electron chi connectivity index (χ1n) is 4.77. The molecule has 2 aromatic heterocycles. The number of pyridine rings is 1. The Kier molecular flexibility index (Phi) is 1.37. The first-order valence-corrected chi connectivity index (χ1v) is 4.77. The molecule has 0 radical (unpaired) electrons. The summed E-state index contributed by atoms with van der Waals surface area (Å²) in [4.78, 5) is 0. The smallest absolute Gasteiger partial charge is 0.287 e. The van der Waals surface area contributed by atoms with Gasteiger partial charge >= 0.3 is 0 Å². The lowest BCUT2D eigenvalue weighted by Gasteiger charge is -2.02. The van der Waals surface area contributed by atoms with E-state index in [1.54, 1.807) is 6.92 Å². The van der Waals surface area contributed by atoms with Crippen LogP contribution in [0.25, 0.3) is 11.1 Å². The maximum Gasteiger partial charge on any atom is 0.287 e. The molecule has 0 spiro atoms. The third-order valence-electron chi connectivity index (χ3n) is 2.84. The largest absolute Gasteiger partial charge is 0.618 e. The van der Waals surface area contributed by atoms with Crippen LogP contribution in [0.4, 0.5) is 0 Å². The molecule has 4 nitrogen and oxygen atoms in total. The molecule has 72 valence electrons.